The van der Waals surface area contributed by atoms with E-state index in [-0.39, 0.29) is 5.54 Å². The fourth-order valence-electron chi connectivity index (χ4n) is 1.66. The van der Waals surface area contributed by atoms with E-state index >= 15 is 0 Å². The molecule has 0 saturated carbocycles. The highest BCUT2D eigenvalue weighted by molar-refractivity contribution is 9.10. The first-order chi connectivity index (χ1) is 7.48. The molecule has 0 radical (unpaired) electrons. The van der Waals surface area contributed by atoms with Gasteiger partial charge in [-0.3, -0.25) is 0 Å². The zero-order valence-corrected chi connectivity index (χ0v) is 11.3. The van der Waals surface area contributed by atoms with Crippen LogP contribution in [0.1, 0.15) is 20.8 Å². The Kier molecular flexibility index (Phi) is 2.89. The normalized spacial score (nSPS) is 11.8. The van der Waals surface area contributed by atoms with Crippen molar-refractivity contribution in [3.63, 3.8) is 0 Å². The smallest absolute Gasteiger partial charge is 0.0955 e. The zero-order chi connectivity index (χ0) is 11.8. The number of imidazole rings is 1. The van der Waals surface area contributed by atoms with Gasteiger partial charge < -0.3 is 4.57 Å². The summed E-state index contributed by atoms with van der Waals surface area (Å²) in [5.41, 5.74) is 2.40. The molecular formula is C13H15BrN2. The average Bonchev–Trinajstić information content (AvgIpc) is 2.66. The molecule has 0 aliphatic carbocycles. The van der Waals surface area contributed by atoms with Crippen LogP contribution in [0.3, 0.4) is 0 Å². The van der Waals surface area contributed by atoms with Gasteiger partial charge in [0.15, 0.2) is 0 Å². The maximum absolute atomic E-state index is 4.24. The van der Waals surface area contributed by atoms with Crippen LogP contribution in [-0.4, -0.2) is 9.55 Å². The van der Waals surface area contributed by atoms with Gasteiger partial charge in [-0.2, -0.15) is 0 Å². The minimum Gasteiger partial charge on any atom is -0.325 e. The lowest BCUT2D eigenvalue weighted by Gasteiger charge is -2.23. The van der Waals surface area contributed by atoms with Gasteiger partial charge in [0.25, 0.3) is 0 Å². The molecule has 0 spiro atoms. The Balaban J connectivity index is 2.49. The van der Waals surface area contributed by atoms with Gasteiger partial charge in [-0.05, 0) is 38.5 Å². The fraction of sp³-hybridized carbons (Fsp3) is 0.308. The van der Waals surface area contributed by atoms with Crippen molar-refractivity contribution in [3.8, 4) is 11.3 Å². The lowest BCUT2D eigenvalue weighted by atomic mass is 10.1. The van der Waals surface area contributed by atoms with Crippen LogP contribution in [0.5, 0.6) is 0 Å². The average molecular weight is 279 g/mol. The largest absolute Gasteiger partial charge is 0.325 e. The Morgan fingerprint density at radius 1 is 1.12 bits per heavy atom. The van der Waals surface area contributed by atoms with Crippen LogP contribution in [0.15, 0.2) is 41.3 Å². The van der Waals surface area contributed by atoms with Crippen LogP contribution in [0, 0.1) is 0 Å². The van der Waals surface area contributed by atoms with E-state index in [1.165, 1.54) is 5.56 Å². The Morgan fingerprint density at radius 3 is 2.31 bits per heavy atom. The molecule has 1 aromatic heterocycles. The molecule has 3 heteroatoms. The highest BCUT2D eigenvalue weighted by Gasteiger charge is 2.16. The van der Waals surface area contributed by atoms with E-state index in [1.807, 2.05) is 12.5 Å². The molecule has 2 nitrogen and oxygen atoms in total. The van der Waals surface area contributed by atoms with Gasteiger partial charge in [-0.25, -0.2) is 4.98 Å². The van der Waals surface area contributed by atoms with Gasteiger partial charge in [-0.15, -0.1) is 0 Å². The molecule has 16 heavy (non-hydrogen) atoms. The van der Waals surface area contributed by atoms with E-state index < -0.39 is 0 Å². The van der Waals surface area contributed by atoms with Gasteiger partial charge in [0.1, 0.15) is 0 Å². The summed E-state index contributed by atoms with van der Waals surface area (Å²) in [4.78, 5) is 4.24. The van der Waals surface area contributed by atoms with Crippen LogP contribution in [-0.2, 0) is 5.54 Å². The van der Waals surface area contributed by atoms with Crippen LogP contribution in [0.4, 0.5) is 0 Å². The third kappa shape index (κ3) is 2.19. The van der Waals surface area contributed by atoms with E-state index in [0.29, 0.717) is 0 Å². The fourth-order valence-corrected chi connectivity index (χ4v) is 1.93. The lowest BCUT2D eigenvalue weighted by molar-refractivity contribution is 0.400. The van der Waals surface area contributed by atoms with Gasteiger partial charge in [0.2, 0.25) is 0 Å². The Labute approximate surface area is 104 Å². The van der Waals surface area contributed by atoms with E-state index in [9.17, 15) is 0 Å². The first kappa shape index (κ1) is 11.4. The molecule has 0 amide bonds. The summed E-state index contributed by atoms with van der Waals surface area (Å²) in [5.74, 6) is 0. The third-order valence-electron chi connectivity index (χ3n) is 2.50. The highest BCUT2D eigenvalue weighted by Crippen LogP contribution is 2.26. The van der Waals surface area contributed by atoms with Gasteiger partial charge in [-0.1, -0.05) is 28.1 Å². The molecule has 0 atom stereocenters. The number of nitrogens with zero attached hydrogens (tertiary/aromatic N) is 2. The molecular weight excluding hydrogens is 264 g/mol. The second-order valence-electron chi connectivity index (χ2n) is 4.83. The number of hydrogen-bond donors (Lipinski definition) is 0. The van der Waals surface area contributed by atoms with E-state index in [2.05, 4.69) is 70.5 Å². The zero-order valence-electron chi connectivity index (χ0n) is 9.74. The minimum absolute atomic E-state index is 0.0545. The van der Waals surface area contributed by atoms with Gasteiger partial charge in [0.05, 0.1) is 18.2 Å². The van der Waals surface area contributed by atoms with E-state index in [4.69, 9.17) is 0 Å². The molecule has 0 fully saturated rings. The predicted molar refractivity (Wildman–Crippen MR) is 70.4 cm³/mol. The number of hydrogen-bond acceptors (Lipinski definition) is 1. The molecule has 1 heterocycles. The summed E-state index contributed by atoms with van der Waals surface area (Å²) < 4.78 is 3.29. The monoisotopic (exact) mass is 278 g/mol. The summed E-state index contributed by atoms with van der Waals surface area (Å²) >= 11 is 3.44. The molecule has 0 saturated heterocycles. The number of benzene rings is 1. The summed E-state index contributed by atoms with van der Waals surface area (Å²) in [5, 5.41) is 0. The molecule has 0 bridgehead atoms. The van der Waals surface area contributed by atoms with Crippen molar-refractivity contribution < 1.29 is 0 Å². The Hall–Kier alpha value is -1.09. The first-order valence-electron chi connectivity index (χ1n) is 5.27. The molecule has 84 valence electrons. The number of rotatable bonds is 1. The molecule has 2 aromatic rings. The summed E-state index contributed by atoms with van der Waals surface area (Å²) in [6.07, 6.45) is 3.80. The first-order valence-corrected chi connectivity index (χ1v) is 6.06. The maximum atomic E-state index is 4.24. The number of aromatic nitrogens is 2. The van der Waals surface area contributed by atoms with Crippen LogP contribution in [0.2, 0.25) is 0 Å². The SMILES string of the molecule is CC(C)(C)n1cncc1-c1ccc(Br)cc1. The quantitative estimate of drug-likeness (QED) is 0.769. The molecule has 0 unspecified atom stereocenters. The van der Waals surface area contributed by atoms with E-state index in [1.54, 1.807) is 0 Å². The van der Waals surface area contributed by atoms with Crippen molar-refractivity contribution in [2.24, 2.45) is 0 Å². The summed E-state index contributed by atoms with van der Waals surface area (Å²) in [6, 6.07) is 8.30. The van der Waals surface area contributed by atoms with E-state index in [0.717, 1.165) is 10.2 Å². The summed E-state index contributed by atoms with van der Waals surface area (Å²) in [6.45, 7) is 6.53. The highest BCUT2D eigenvalue weighted by atomic mass is 79.9. The molecule has 0 N–H and O–H groups in total. The van der Waals surface area contributed by atoms with Crippen LogP contribution < -0.4 is 0 Å². The molecule has 1 aromatic carbocycles. The Morgan fingerprint density at radius 2 is 1.75 bits per heavy atom. The second-order valence-corrected chi connectivity index (χ2v) is 5.74. The van der Waals surface area contributed by atoms with Crippen molar-refractivity contribution in [2.45, 2.75) is 26.3 Å². The second kappa shape index (κ2) is 4.06. The molecule has 2 rings (SSSR count). The predicted octanol–water partition coefficient (Wildman–Crippen LogP) is 4.07. The third-order valence-corrected chi connectivity index (χ3v) is 3.03. The van der Waals surface area contributed by atoms with Crippen molar-refractivity contribution in [1.29, 1.82) is 0 Å². The number of halogens is 1. The van der Waals surface area contributed by atoms with Crippen molar-refractivity contribution in [1.82, 2.24) is 9.55 Å². The summed E-state index contributed by atoms with van der Waals surface area (Å²) in [7, 11) is 0. The molecule has 0 aliphatic rings. The minimum atomic E-state index is 0.0545. The topological polar surface area (TPSA) is 17.8 Å². The lowest BCUT2D eigenvalue weighted by Crippen LogP contribution is -2.21. The van der Waals surface area contributed by atoms with Gasteiger partial charge >= 0.3 is 0 Å². The Bertz CT molecular complexity index is 477. The van der Waals surface area contributed by atoms with Crippen molar-refractivity contribution >= 4 is 15.9 Å². The van der Waals surface area contributed by atoms with Crippen LogP contribution in [0.25, 0.3) is 11.3 Å². The maximum Gasteiger partial charge on any atom is 0.0955 e. The van der Waals surface area contributed by atoms with Crippen molar-refractivity contribution in [2.75, 3.05) is 0 Å². The van der Waals surface area contributed by atoms with Gasteiger partial charge in [0, 0.05) is 10.0 Å². The van der Waals surface area contributed by atoms with Crippen molar-refractivity contribution in [3.05, 3.63) is 41.3 Å². The molecule has 0 aliphatic heterocycles. The van der Waals surface area contributed by atoms with Crippen LogP contribution >= 0.6 is 15.9 Å². The standard InChI is InChI=1S/C13H15BrN2/c1-13(2,3)16-9-15-8-12(16)10-4-6-11(14)7-5-10/h4-9H,1-3H3.